The molecule has 4 rings (SSSR count). The van der Waals surface area contributed by atoms with Crippen molar-refractivity contribution in [2.24, 2.45) is 0 Å². The first kappa shape index (κ1) is 19.9. The molecule has 1 aliphatic rings. The van der Waals surface area contributed by atoms with Crippen LogP contribution in [0.5, 0.6) is 0 Å². The molecule has 0 bridgehead atoms. The Morgan fingerprint density at radius 3 is 2.17 bits per heavy atom. The van der Waals surface area contributed by atoms with Gasteiger partial charge in [-0.05, 0) is 77.5 Å². The summed E-state index contributed by atoms with van der Waals surface area (Å²) in [4.78, 5) is 7.72. The summed E-state index contributed by atoms with van der Waals surface area (Å²) >= 11 is 0. The number of aromatic nitrogens is 3. The monoisotopic (exact) mass is 390 g/mol. The molecule has 1 unspecified atom stereocenters. The molecule has 2 aromatic heterocycles. The highest BCUT2D eigenvalue weighted by Gasteiger charge is 2.35. The lowest BCUT2D eigenvalue weighted by molar-refractivity contribution is 0.510. The molecule has 0 amide bonds. The Morgan fingerprint density at radius 1 is 0.966 bits per heavy atom. The quantitative estimate of drug-likeness (QED) is 0.558. The summed E-state index contributed by atoms with van der Waals surface area (Å²) in [5, 5.41) is 5.06. The lowest BCUT2D eigenvalue weighted by Crippen LogP contribution is -2.39. The zero-order valence-corrected chi connectivity index (χ0v) is 19.2. The summed E-state index contributed by atoms with van der Waals surface area (Å²) in [6.07, 6.45) is 3.34. The molecule has 0 N–H and O–H groups in total. The van der Waals surface area contributed by atoms with Gasteiger partial charge in [0.2, 0.25) is 0 Å². The fraction of sp³-hybridized carbons (Fsp3) is 0.520. The van der Waals surface area contributed by atoms with Crippen LogP contribution < -0.4 is 4.90 Å². The van der Waals surface area contributed by atoms with E-state index < -0.39 is 0 Å². The number of anilines is 1. The van der Waals surface area contributed by atoms with Gasteiger partial charge in [0.15, 0.2) is 5.65 Å². The van der Waals surface area contributed by atoms with Crippen LogP contribution >= 0.6 is 0 Å². The Kier molecular flexibility index (Phi) is 4.92. The highest BCUT2D eigenvalue weighted by Crippen LogP contribution is 2.41. The Labute approximate surface area is 175 Å². The molecule has 3 heterocycles. The first-order valence-corrected chi connectivity index (χ1v) is 11.0. The average molecular weight is 391 g/mol. The number of rotatable bonds is 4. The van der Waals surface area contributed by atoms with E-state index in [0.717, 1.165) is 36.3 Å². The second-order valence-corrected chi connectivity index (χ2v) is 8.90. The van der Waals surface area contributed by atoms with Gasteiger partial charge in [-0.1, -0.05) is 31.5 Å². The van der Waals surface area contributed by atoms with E-state index in [1.807, 2.05) is 0 Å². The summed E-state index contributed by atoms with van der Waals surface area (Å²) in [6, 6.07) is 5.55. The van der Waals surface area contributed by atoms with Gasteiger partial charge >= 0.3 is 0 Å². The van der Waals surface area contributed by atoms with Crippen LogP contribution in [0.3, 0.4) is 0 Å². The lowest BCUT2D eigenvalue weighted by atomic mass is 9.94. The van der Waals surface area contributed by atoms with Crippen molar-refractivity contribution in [2.75, 3.05) is 4.90 Å². The SMILES string of the molecule is CCC(CC)N1c2c(c(C)nc3c(-c4c(C)cc(C)cc4C)c(C)nn23)CC1C. The normalized spacial score (nSPS) is 16.3. The topological polar surface area (TPSA) is 33.4 Å². The molecule has 0 aliphatic carbocycles. The van der Waals surface area contributed by atoms with Crippen LogP contribution in [0.25, 0.3) is 16.8 Å². The van der Waals surface area contributed by atoms with Crippen molar-refractivity contribution in [2.45, 2.75) is 86.7 Å². The first-order valence-electron chi connectivity index (χ1n) is 11.0. The summed E-state index contributed by atoms with van der Waals surface area (Å²) in [7, 11) is 0. The lowest BCUT2D eigenvalue weighted by Gasteiger charge is -2.33. The molecule has 0 radical (unpaired) electrons. The van der Waals surface area contributed by atoms with E-state index in [9.17, 15) is 0 Å². The third-order valence-corrected chi connectivity index (χ3v) is 6.70. The summed E-state index contributed by atoms with van der Waals surface area (Å²) < 4.78 is 2.15. The largest absolute Gasteiger partial charge is 0.350 e. The van der Waals surface area contributed by atoms with E-state index >= 15 is 0 Å². The molecular formula is C25H34N4. The van der Waals surface area contributed by atoms with Crippen LogP contribution in [-0.4, -0.2) is 26.7 Å². The van der Waals surface area contributed by atoms with Crippen molar-refractivity contribution in [3.05, 3.63) is 45.8 Å². The maximum atomic E-state index is 5.10. The third-order valence-electron chi connectivity index (χ3n) is 6.70. The van der Waals surface area contributed by atoms with Gasteiger partial charge in [-0.15, -0.1) is 0 Å². The third kappa shape index (κ3) is 2.95. The van der Waals surface area contributed by atoms with Gasteiger partial charge in [0.1, 0.15) is 5.82 Å². The molecule has 154 valence electrons. The van der Waals surface area contributed by atoms with Crippen LogP contribution in [0.1, 0.15) is 67.3 Å². The average Bonchev–Trinajstić information content (AvgIpc) is 3.14. The van der Waals surface area contributed by atoms with Gasteiger partial charge in [0, 0.05) is 23.3 Å². The zero-order valence-electron chi connectivity index (χ0n) is 19.2. The van der Waals surface area contributed by atoms with Crippen molar-refractivity contribution < 1.29 is 0 Å². The molecule has 4 nitrogen and oxygen atoms in total. The molecule has 0 saturated carbocycles. The molecule has 1 aromatic carbocycles. The van der Waals surface area contributed by atoms with Gasteiger partial charge in [-0.2, -0.15) is 9.61 Å². The second kappa shape index (κ2) is 7.16. The summed E-state index contributed by atoms with van der Waals surface area (Å²) in [6.45, 7) is 17.8. The summed E-state index contributed by atoms with van der Waals surface area (Å²) in [5.74, 6) is 1.27. The molecule has 0 fully saturated rings. The molecule has 1 aliphatic heterocycles. The molecule has 0 saturated heterocycles. The van der Waals surface area contributed by atoms with E-state index in [4.69, 9.17) is 10.1 Å². The van der Waals surface area contributed by atoms with E-state index in [1.165, 1.54) is 39.2 Å². The van der Waals surface area contributed by atoms with Crippen molar-refractivity contribution in [1.82, 2.24) is 14.6 Å². The fourth-order valence-corrected chi connectivity index (χ4v) is 5.47. The van der Waals surface area contributed by atoms with Gasteiger partial charge in [0.25, 0.3) is 0 Å². The maximum absolute atomic E-state index is 5.10. The van der Waals surface area contributed by atoms with Crippen LogP contribution in [0, 0.1) is 34.6 Å². The summed E-state index contributed by atoms with van der Waals surface area (Å²) in [5.41, 5.74) is 10.9. The highest BCUT2D eigenvalue weighted by molar-refractivity contribution is 5.85. The maximum Gasteiger partial charge on any atom is 0.165 e. The van der Waals surface area contributed by atoms with Crippen molar-refractivity contribution in [3.63, 3.8) is 0 Å². The predicted octanol–water partition coefficient (Wildman–Crippen LogP) is 5.88. The standard InChI is InChI=1S/C25H34N4/c1-9-20(10-2)28-17(6)13-21-18(7)26-24-23(19(8)27-29(24)25(21)28)22-15(4)11-14(3)12-16(22)5/h11-12,17,20H,9-10,13H2,1-8H3. The van der Waals surface area contributed by atoms with Gasteiger partial charge < -0.3 is 4.90 Å². The smallest absolute Gasteiger partial charge is 0.165 e. The Bertz CT molecular complexity index is 1070. The molecule has 0 spiro atoms. The first-order chi connectivity index (χ1) is 13.8. The number of hydrogen-bond acceptors (Lipinski definition) is 3. The van der Waals surface area contributed by atoms with E-state index in [-0.39, 0.29) is 0 Å². The van der Waals surface area contributed by atoms with Crippen LogP contribution in [-0.2, 0) is 6.42 Å². The van der Waals surface area contributed by atoms with Gasteiger partial charge in [-0.3, -0.25) is 0 Å². The fourth-order valence-electron chi connectivity index (χ4n) is 5.47. The van der Waals surface area contributed by atoms with E-state index in [1.54, 1.807) is 0 Å². The molecule has 1 atom stereocenters. The van der Waals surface area contributed by atoms with Crippen molar-refractivity contribution in [3.8, 4) is 11.1 Å². The van der Waals surface area contributed by atoms with Crippen molar-refractivity contribution >= 4 is 11.5 Å². The Balaban J connectivity index is 2.04. The molecule has 4 heteroatoms. The zero-order chi connectivity index (χ0) is 21.0. The molecule has 29 heavy (non-hydrogen) atoms. The number of aryl methyl sites for hydroxylation is 5. The Hall–Kier alpha value is -2.36. The number of benzene rings is 1. The number of fused-ring (bicyclic) bond motifs is 3. The van der Waals surface area contributed by atoms with Crippen LogP contribution in [0.4, 0.5) is 5.82 Å². The van der Waals surface area contributed by atoms with E-state index in [2.05, 4.69) is 76.9 Å². The highest BCUT2D eigenvalue weighted by atomic mass is 15.4. The van der Waals surface area contributed by atoms with Crippen molar-refractivity contribution in [1.29, 1.82) is 0 Å². The predicted molar refractivity (Wildman–Crippen MR) is 122 cm³/mol. The molecule has 3 aromatic rings. The minimum Gasteiger partial charge on any atom is -0.350 e. The minimum absolute atomic E-state index is 0.483. The number of nitrogens with zero attached hydrogens (tertiary/aromatic N) is 4. The minimum atomic E-state index is 0.483. The van der Waals surface area contributed by atoms with Crippen LogP contribution in [0.2, 0.25) is 0 Å². The van der Waals surface area contributed by atoms with Crippen LogP contribution in [0.15, 0.2) is 12.1 Å². The second-order valence-electron chi connectivity index (χ2n) is 8.90. The Morgan fingerprint density at radius 2 is 1.59 bits per heavy atom. The molecular weight excluding hydrogens is 356 g/mol. The number of hydrogen-bond donors (Lipinski definition) is 0. The van der Waals surface area contributed by atoms with Gasteiger partial charge in [-0.25, -0.2) is 4.98 Å². The van der Waals surface area contributed by atoms with E-state index in [0.29, 0.717) is 12.1 Å². The van der Waals surface area contributed by atoms with Gasteiger partial charge in [0.05, 0.1) is 11.3 Å².